The lowest BCUT2D eigenvalue weighted by Crippen LogP contribution is -2.12. The van der Waals surface area contributed by atoms with Crippen LogP contribution in [0.4, 0.5) is 5.69 Å². The molecule has 0 spiro atoms. The number of nitrogens with two attached hydrogens (primary N) is 2. The van der Waals surface area contributed by atoms with Crippen LogP contribution < -0.4 is 16.8 Å². The SMILES string of the molecule is NCCC[C@@H](N)c1ccc(NCc2ccccc2)cc1. The van der Waals surface area contributed by atoms with Crippen LogP contribution in [0.5, 0.6) is 0 Å². The summed E-state index contributed by atoms with van der Waals surface area (Å²) in [5.74, 6) is 0. The largest absolute Gasteiger partial charge is 0.381 e. The second-order valence-corrected chi connectivity index (χ2v) is 5.00. The molecular formula is C17H23N3. The van der Waals surface area contributed by atoms with Crippen LogP contribution in [-0.2, 0) is 6.54 Å². The molecule has 0 bridgehead atoms. The van der Waals surface area contributed by atoms with Gasteiger partial charge < -0.3 is 16.8 Å². The maximum absolute atomic E-state index is 6.12. The normalized spacial score (nSPS) is 12.1. The number of anilines is 1. The topological polar surface area (TPSA) is 64.1 Å². The van der Waals surface area contributed by atoms with Crippen LogP contribution in [0.2, 0.25) is 0 Å². The molecule has 0 aliphatic rings. The van der Waals surface area contributed by atoms with E-state index in [1.165, 1.54) is 11.1 Å². The van der Waals surface area contributed by atoms with Gasteiger partial charge in [-0.1, -0.05) is 42.5 Å². The van der Waals surface area contributed by atoms with E-state index in [2.05, 4.69) is 53.8 Å². The lowest BCUT2D eigenvalue weighted by molar-refractivity contribution is 0.618. The molecule has 3 heteroatoms. The Labute approximate surface area is 121 Å². The van der Waals surface area contributed by atoms with Crippen LogP contribution in [0.3, 0.4) is 0 Å². The van der Waals surface area contributed by atoms with Gasteiger partial charge in [-0.15, -0.1) is 0 Å². The number of benzene rings is 2. The molecule has 0 aliphatic heterocycles. The van der Waals surface area contributed by atoms with E-state index in [0.29, 0.717) is 6.54 Å². The van der Waals surface area contributed by atoms with Gasteiger partial charge in [-0.3, -0.25) is 0 Å². The Kier molecular flexibility index (Phi) is 5.59. The Morgan fingerprint density at radius 1 is 0.950 bits per heavy atom. The first-order chi connectivity index (χ1) is 9.79. The Morgan fingerprint density at radius 2 is 1.65 bits per heavy atom. The first kappa shape index (κ1) is 14.6. The van der Waals surface area contributed by atoms with Crippen molar-refractivity contribution in [3.8, 4) is 0 Å². The molecule has 0 radical (unpaired) electrons. The first-order valence-electron chi connectivity index (χ1n) is 7.13. The zero-order valence-corrected chi connectivity index (χ0v) is 11.8. The molecule has 1 atom stereocenters. The van der Waals surface area contributed by atoms with E-state index < -0.39 is 0 Å². The second-order valence-electron chi connectivity index (χ2n) is 5.00. The molecular weight excluding hydrogens is 246 g/mol. The highest BCUT2D eigenvalue weighted by Crippen LogP contribution is 2.18. The molecule has 20 heavy (non-hydrogen) atoms. The zero-order valence-electron chi connectivity index (χ0n) is 11.8. The van der Waals surface area contributed by atoms with Crippen molar-refractivity contribution in [2.45, 2.75) is 25.4 Å². The molecule has 0 unspecified atom stereocenters. The van der Waals surface area contributed by atoms with Gasteiger partial charge in [0.25, 0.3) is 0 Å². The molecule has 2 aromatic carbocycles. The molecule has 3 nitrogen and oxygen atoms in total. The maximum atomic E-state index is 6.12. The van der Waals surface area contributed by atoms with Crippen molar-refractivity contribution < 1.29 is 0 Å². The quantitative estimate of drug-likeness (QED) is 0.724. The van der Waals surface area contributed by atoms with Gasteiger partial charge in [-0.25, -0.2) is 0 Å². The van der Waals surface area contributed by atoms with E-state index in [0.717, 1.165) is 25.1 Å². The van der Waals surface area contributed by atoms with Crippen molar-refractivity contribution >= 4 is 5.69 Å². The molecule has 0 saturated heterocycles. The molecule has 5 N–H and O–H groups in total. The van der Waals surface area contributed by atoms with Gasteiger partial charge in [0.05, 0.1) is 0 Å². The second kappa shape index (κ2) is 7.68. The fraction of sp³-hybridized carbons (Fsp3) is 0.294. The van der Waals surface area contributed by atoms with Crippen LogP contribution in [0.25, 0.3) is 0 Å². The molecule has 2 rings (SSSR count). The Morgan fingerprint density at radius 3 is 2.30 bits per heavy atom. The summed E-state index contributed by atoms with van der Waals surface area (Å²) in [6.07, 6.45) is 1.91. The predicted molar refractivity (Wildman–Crippen MR) is 85.4 cm³/mol. The monoisotopic (exact) mass is 269 g/mol. The van der Waals surface area contributed by atoms with Crippen LogP contribution in [0.1, 0.15) is 30.0 Å². The standard InChI is InChI=1S/C17H23N3/c18-12-4-7-17(19)15-8-10-16(11-9-15)20-13-14-5-2-1-3-6-14/h1-3,5-6,8-11,17,20H,4,7,12-13,18-19H2/t17-/m1/s1. The summed E-state index contributed by atoms with van der Waals surface area (Å²) in [6, 6.07) is 18.8. The van der Waals surface area contributed by atoms with Gasteiger partial charge in [0.2, 0.25) is 0 Å². The lowest BCUT2D eigenvalue weighted by Gasteiger charge is -2.13. The fourth-order valence-electron chi connectivity index (χ4n) is 2.15. The summed E-state index contributed by atoms with van der Waals surface area (Å²) in [7, 11) is 0. The van der Waals surface area contributed by atoms with Gasteiger partial charge in [0.1, 0.15) is 0 Å². The molecule has 2 aromatic rings. The fourth-order valence-corrected chi connectivity index (χ4v) is 2.15. The average molecular weight is 269 g/mol. The van der Waals surface area contributed by atoms with E-state index in [9.17, 15) is 0 Å². The Balaban J connectivity index is 1.88. The van der Waals surface area contributed by atoms with E-state index in [1.54, 1.807) is 0 Å². The van der Waals surface area contributed by atoms with Crippen molar-refractivity contribution in [2.24, 2.45) is 11.5 Å². The Hall–Kier alpha value is -1.84. The van der Waals surface area contributed by atoms with Gasteiger partial charge in [-0.05, 0) is 42.6 Å². The van der Waals surface area contributed by atoms with Gasteiger partial charge in [0.15, 0.2) is 0 Å². The summed E-state index contributed by atoms with van der Waals surface area (Å²) in [5, 5.41) is 3.41. The molecule has 0 amide bonds. The third-order valence-corrected chi connectivity index (χ3v) is 3.40. The van der Waals surface area contributed by atoms with Crippen LogP contribution in [0.15, 0.2) is 54.6 Å². The molecule has 0 aliphatic carbocycles. The van der Waals surface area contributed by atoms with E-state index in [-0.39, 0.29) is 6.04 Å². The van der Waals surface area contributed by atoms with E-state index in [4.69, 9.17) is 11.5 Å². The molecule has 0 aromatic heterocycles. The Bertz CT molecular complexity index is 493. The van der Waals surface area contributed by atoms with Crippen LogP contribution in [0, 0.1) is 0 Å². The molecule has 0 heterocycles. The van der Waals surface area contributed by atoms with Crippen LogP contribution >= 0.6 is 0 Å². The highest BCUT2D eigenvalue weighted by atomic mass is 14.9. The summed E-state index contributed by atoms with van der Waals surface area (Å²) < 4.78 is 0. The number of rotatable bonds is 7. The summed E-state index contributed by atoms with van der Waals surface area (Å²) in [5.41, 5.74) is 15.2. The van der Waals surface area contributed by atoms with Crippen molar-refractivity contribution in [1.29, 1.82) is 0 Å². The highest BCUT2D eigenvalue weighted by Gasteiger charge is 2.04. The van der Waals surface area contributed by atoms with Crippen LogP contribution in [-0.4, -0.2) is 6.54 Å². The van der Waals surface area contributed by atoms with E-state index in [1.807, 2.05) is 6.07 Å². The maximum Gasteiger partial charge on any atom is 0.0400 e. The first-order valence-corrected chi connectivity index (χ1v) is 7.13. The smallest absolute Gasteiger partial charge is 0.0400 e. The minimum Gasteiger partial charge on any atom is -0.381 e. The van der Waals surface area contributed by atoms with E-state index >= 15 is 0 Å². The third-order valence-electron chi connectivity index (χ3n) is 3.40. The molecule has 0 fully saturated rings. The van der Waals surface area contributed by atoms with Gasteiger partial charge >= 0.3 is 0 Å². The predicted octanol–water partition coefficient (Wildman–Crippen LogP) is 3.04. The number of hydrogen-bond donors (Lipinski definition) is 3. The number of hydrogen-bond acceptors (Lipinski definition) is 3. The average Bonchev–Trinajstić information content (AvgIpc) is 2.52. The van der Waals surface area contributed by atoms with Crippen molar-refractivity contribution in [3.63, 3.8) is 0 Å². The summed E-state index contributed by atoms with van der Waals surface area (Å²) in [4.78, 5) is 0. The summed E-state index contributed by atoms with van der Waals surface area (Å²) in [6.45, 7) is 1.53. The van der Waals surface area contributed by atoms with Crippen molar-refractivity contribution in [1.82, 2.24) is 0 Å². The molecule has 0 saturated carbocycles. The summed E-state index contributed by atoms with van der Waals surface area (Å²) >= 11 is 0. The van der Waals surface area contributed by atoms with Gasteiger partial charge in [-0.2, -0.15) is 0 Å². The minimum absolute atomic E-state index is 0.0849. The highest BCUT2D eigenvalue weighted by molar-refractivity contribution is 5.45. The molecule has 106 valence electrons. The van der Waals surface area contributed by atoms with Crippen molar-refractivity contribution in [2.75, 3.05) is 11.9 Å². The van der Waals surface area contributed by atoms with Gasteiger partial charge in [0, 0.05) is 18.3 Å². The lowest BCUT2D eigenvalue weighted by atomic mass is 10.0. The van der Waals surface area contributed by atoms with Crippen molar-refractivity contribution in [3.05, 3.63) is 65.7 Å². The minimum atomic E-state index is 0.0849. The third kappa shape index (κ3) is 4.37. The zero-order chi connectivity index (χ0) is 14.2. The number of nitrogens with one attached hydrogen (secondary N) is 1.